The minimum Gasteiger partial charge on any atom is -0.384 e. The molecule has 1 atom stereocenters. The third kappa shape index (κ3) is 4.21. The van der Waals surface area contributed by atoms with E-state index in [9.17, 15) is 13.2 Å². The van der Waals surface area contributed by atoms with Crippen LogP contribution in [0.25, 0.3) is 0 Å². The normalized spacial score (nSPS) is 19.4. The Balaban J connectivity index is 1.81. The Morgan fingerprint density at radius 2 is 2.27 bits per heavy atom. The lowest BCUT2D eigenvalue weighted by Crippen LogP contribution is -2.38. The maximum Gasteiger partial charge on any atom is 0.224 e. The number of hydrogen-bond donors (Lipinski definition) is 1. The van der Waals surface area contributed by atoms with Crippen LogP contribution in [-0.2, 0) is 14.6 Å². The lowest BCUT2D eigenvalue weighted by molar-refractivity contribution is -0.131. The van der Waals surface area contributed by atoms with Gasteiger partial charge >= 0.3 is 0 Å². The van der Waals surface area contributed by atoms with Gasteiger partial charge in [0.05, 0.1) is 23.1 Å². The van der Waals surface area contributed by atoms with E-state index in [2.05, 4.69) is 11.4 Å². The molecule has 1 aromatic carbocycles. The smallest absolute Gasteiger partial charge is 0.224 e. The van der Waals surface area contributed by atoms with Crippen molar-refractivity contribution in [1.29, 1.82) is 5.26 Å². The van der Waals surface area contributed by atoms with Crippen LogP contribution in [0.5, 0.6) is 0 Å². The molecular formula is C15H19N3O3S. The highest BCUT2D eigenvalue weighted by atomic mass is 32.2. The van der Waals surface area contributed by atoms with Crippen LogP contribution in [0.4, 0.5) is 5.69 Å². The Kier molecular flexibility index (Phi) is 5.03. The van der Waals surface area contributed by atoms with Crippen LogP contribution in [0.3, 0.4) is 0 Å². The molecule has 1 unspecified atom stereocenters. The third-order valence-electron chi connectivity index (χ3n) is 3.81. The Morgan fingerprint density at radius 1 is 1.50 bits per heavy atom. The van der Waals surface area contributed by atoms with Gasteiger partial charge in [-0.25, -0.2) is 8.42 Å². The SMILES string of the molecule is CN(C(=O)CCNc1cccc(C#N)c1)C1CCS(=O)(=O)C1. The van der Waals surface area contributed by atoms with Crippen LogP contribution in [0.2, 0.25) is 0 Å². The predicted molar refractivity (Wildman–Crippen MR) is 84.1 cm³/mol. The number of carbonyl (C=O) groups is 1. The standard InChI is InChI=1S/C15H19N3O3S/c1-18(14-6-8-22(20,21)11-14)15(19)5-7-17-13-4-2-3-12(9-13)10-16/h2-4,9,14,17H,5-8,11H2,1H3. The molecule has 6 nitrogen and oxygen atoms in total. The average Bonchev–Trinajstić information content (AvgIpc) is 2.86. The molecule has 1 amide bonds. The summed E-state index contributed by atoms with van der Waals surface area (Å²) in [6, 6.07) is 8.89. The van der Waals surface area contributed by atoms with E-state index >= 15 is 0 Å². The van der Waals surface area contributed by atoms with Crippen LogP contribution < -0.4 is 5.32 Å². The fourth-order valence-corrected chi connectivity index (χ4v) is 4.25. The first-order chi connectivity index (χ1) is 10.4. The monoisotopic (exact) mass is 321 g/mol. The number of benzene rings is 1. The first-order valence-corrected chi connectivity index (χ1v) is 8.93. The van der Waals surface area contributed by atoms with Crippen molar-refractivity contribution >= 4 is 21.4 Å². The van der Waals surface area contributed by atoms with Gasteiger partial charge < -0.3 is 10.2 Å². The molecule has 1 aliphatic heterocycles. The summed E-state index contributed by atoms with van der Waals surface area (Å²) < 4.78 is 22.9. The number of nitriles is 1. The maximum atomic E-state index is 12.1. The summed E-state index contributed by atoms with van der Waals surface area (Å²) in [5.41, 5.74) is 1.35. The number of anilines is 1. The second-order valence-electron chi connectivity index (χ2n) is 5.43. The summed E-state index contributed by atoms with van der Waals surface area (Å²) in [6.07, 6.45) is 0.798. The lowest BCUT2D eigenvalue weighted by Gasteiger charge is -2.23. The van der Waals surface area contributed by atoms with Gasteiger partial charge in [0.15, 0.2) is 9.84 Å². The molecule has 0 spiro atoms. The summed E-state index contributed by atoms with van der Waals surface area (Å²) in [5.74, 6) is 0.146. The Bertz CT molecular complexity index is 694. The second kappa shape index (κ2) is 6.79. The molecule has 1 aliphatic rings. The number of carbonyl (C=O) groups excluding carboxylic acids is 1. The molecule has 1 fully saturated rings. The van der Waals surface area contributed by atoms with E-state index in [4.69, 9.17) is 5.26 Å². The van der Waals surface area contributed by atoms with E-state index in [1.807, 2.05) is 6.07 Å². The zero-order valence-corrected chi connectivity index (χ0v) is 13.3. The van der Waals surface area contributed by atoms with Crippen LogP contribution in [0.15, 0.2) is 24.3 Å². The van der Waals surface area contributed by atoms with Crippen molar-refractivity contribution < 1.29 is 13.2 Å². The molecule has 0 aromatic heterocycles. The average molecular weight is 321 g/mol. The molecule has 0 radical (unpaired) electrons. The number of rotatable bonds is 5. The van der Waals surface area contributed by atoms with E-state index in [1.165, 1.54) is 4.90 Å². The van der Waals surface area contributed by atoms with Gasteiger partial charge in [-0.1, -0.05) is 6.07 Å². The molecule has 1 N–H and O–H groups in total. The summed E-state index contributed by atoms with van der Waals surface area (Å²) in [4.78, 5) is 13.6. The summed E-state index contributed by atoms with van der Waals surface area (Å²) in [6.45, 7) is 0.442. The number of amides is 1. The topological polar surface area (TPSA) is 90.3 Å². The van der Waals surface area contributed by atoms with Gasteiger partial charge in [-0.3, -0.25) is 4.79 Å². The molecule has 1 heterocycles. The van der Waals surface area contributed by atoms with Crippen molar-refractivity contribution in [3.05, 3.63) is 29.8 Å². The Labute approximate surface area is 130 Å². The zero-order chi connectivity index (χ0) is 16.2. The molecule has 118 valence electrons. The number of nitrogens with zero attached hydrogens (tertiary/aromatic N) is 2. The highest BCUT2D eigenvalue weighted by molar-refractivity contribution is 7.91. The first kappa shape index (κ1) is 16.3. The van der Waals surface area contributed by atoms with Gasteiger partial charge in [0.2, 0.25) is 5.91 Å². The van der Waals surface area contributed by atoms with Crippen LogP contribution >= 0.6 is 0 Å². The van der Waals surface area contributed by atoms with Gasteiger partial charge in [0, 0.05) is 31.7 Å². The maximum absolute atomic E-state index is 12.1. The van der Waals surface area contributed by atoms with Crippen LogP contribution in [0, 0.1) is 11.3 Å². The van der Waals surface area contributed by atoms with Crippen molar-refractivity contribution in [2.24, 2.45) is 0 Å². The number of sulfone groups is 1. The highest BCUT2D eigenvalue weighted by Crippen LogP contribution is 2.17. The van der Waals surface area contributed by atoms with Crippen molar-refractivity contribution in [2.45, 2.75) is 18.9 Å². The Morgan fingerprint density at radius 3 is 2.91 bits per heavy atom. The quantitative estimate of drug-likeness (QED) is 0.874. The van der Waals surface area contributed by atoms with Crippen molar-refractivity contribution in [1.82, 2.24) is 4.90 Å². The van der Waals surface area contributed by atoms with Gasteiger partial charge in [-0.15, -0.1) is 0 Å². The largest absolute Gasteiger partial charge is 0.384 e. The molecular weight excluding hydrogens is 302 g/mol. The van der Waals surface area contributed by atoms with E-state index in [0.29, 0.717) is 18.5 Å². The first-order valence-electron chi connectivity index (χ1n) is 7.11. The van der Waals surface area contributed by atoms with Crippen molar-refractivity contribution in [2.75, 3.05) is 30.4 Å². The molecule has 0 aliphatic carbocycles. The van der Waals surface area contributed by atoms with Gasteiger partial charge in [-0.2, -0.15) is 5.26 Å². The summed E-state index contributed by atoms with van der Waals surface area (Å²) in [5, 5.41) is 11.9. The second-order valence-corrected chi connectivity index (χ2v) is 7.66. The Hall–Kier alpha value is -2.07. The van der Waals surface area contributed by atoms with Crippen LogP contribution in [-0.4, -0.2) is 50.4 Å². The number of hydrogen-bond acceptors (Lipinski definition) is 5. The zero-order valence-electron chi connectivity index (χ0n) is 12.4. The highest BCUT2D eigenvalue weighted by Gasteiger charge is 2.32. The van der Waals surface area contributed by atoms with E-state index in [0.717, 1.165) is 5.69 Å². The van der Waals surface area contributed by atoms with Crippen molar-refractivity contribution in [3.63, 3.8) is 0 Å². The molecule has 22 heavy (non-hydrogen) atoms. The van der Waals surface area contributed by atoms with Gasteiger partial charge in [0.25, 0.3) is 0 Å². The lowest BCUT2D eigenvalue weighted by atomic mass is 10.2. The fourth-order valence-electron chi connectivity index (χ4n) is 2.47. The minimum atomic E-state index is -2.99. The molecule has 2 rings (SSSR count). The molecule has 1 saturated heterocycles. The molecule has 0 saturated carbocycles. The van der Waals surface area contributed by atoms with Gasteiger partial charge in [-0.05, 0) is 24.6 Å². The molecule has 0 bridgehead atoms. The molecule has 1 aromatic rings. The fraction of sp³-hybridized carbons (Fsp3) is 0.467. The third-order valence-corrected chi connectivity index (χ3v) is 5.56. The summed E-state index contributed by atoms with van der Waals surface area (Å²) in [7, 11) is -1.33. The van der Waals surface area contributed by atoms with E-state index in [-0.39, 0.29) is 29.9 Å². The van der Waals surface area contributed by atoms with E-state index in [1.54, 1.807) is 25.2 Å². The van der Waals surface area contributed by atoms with Crippen LogP contribution in [0.1, 0.15) is 18.4 Å². The summed E-state index contributed by atoms with van der Waals surface area (Å²) >= 11 is 0. The van der Waals surface area contributed by atoms with E-state index < -0.39 is 9.84 Å². The van der Waals surface area contributed by atoms with Crippen molar-refractivity contribution in [3.8, 4) is 6.07 Å². The predicted octanol–water partition coefficient (Wildman–Crippen LogP) is 1.01. The number of nitrogens with one attached hydrogen (secondary N) is 1. The minimum absolute atomic E-state index is 0.0624. The van der Waals surface area contributed by atoms with Gasteiger partial charge in [0.1, 0.15) is 0 Å². The molecule has 7 heteroatoms.